The predicted octanol–water partition coefficient (Wildman–Crippen LogP) is 2.75. The molecule has 1 aromatic carbocycles. The molecule has 0 saturated carbocycles. The monoisotopic (exact) mass is 365 g/mol. The van der Waals surface area contributed by atoms with Crippen LogP contribution in [-0.2, 0) is 10.0 Å². The van der Waals surface area contributed by atoms with Crippen molar-refractivity contribution in [2.75, 3.05) is 36.9 Å². The lowest BCUT2D eigenvalue weighted by Gasteiger charge is -2.19. The number of anilines is 2. The van der Waals surface area contributed by atoms with Gasteiger partial charge in [-0.1, -0.05) is 0 Å². The second-order valence-electron chi connectivity index (χ2n) is 5.20. The molecule has 0 atom stereocenters. The standard InChI is InChI=1S/C17H23N3O4S/c1-5-20(6-2)17-10-7-13(12-18-17)19-25(21,22)16-11-14(23-3)8-9-15(16)24-4/h7-12,19H,5-6H2,1-4H3. The van der Waals surface area contributed by atoms with Crippen LogP contribution in [0, 0.1) is 0 Å². The van der Waals surface area contributed by atoms with Crippen LogP contribution in [0.25, 0.3) is 0 Å². The van der Waals surface area contributed by atoms with Gasteiger partial charge in [0.15, 0.2) is 0 Å². The topological polar surface area (TPSA) is 80.8 Å². The summed E-state index contributed by atoms with van der Waals surface area (Å²) in [6, 6.07) is 8.07. The van der Waals surface area contributed by atoms with Crippen LogP contribution < -0.4 is 19.1 Å². The first kappa shape index (κ1) is 18.9. The summed E-state index contributed by atoms with van der Waals surface area (Å²) < 4.78 is 38.2. The highest BCUT2D eigenvalue weighted by atomic mass is 32.2. The van der Waals surface area contributed by atoms with Crippen molar-refractivity contribution in [1.82, 2.24) is 4.98 Å². The first-order valence-electron chi connectivity index (χ1n) is 7.91. The highest BCUT2D eigenvalue weighted by Gasteiger charge is 2.21. The van der Waals surface area contributed by atoms with Gasteiger partial charge in [-0.05, 0) is 38.1 Å². The minimum absolute atomic E-state index is 0.00201. The van der Waals surface area contributed by atoms with Crippen molar-refractivity contribution in [2.24, 2.45) is 0 Å². The Kier molecular flexibility index (Phi) is 6.08. The van der Waals surface area contributed by atoms with Crippen LogP contribution in [0.2, 0.25) is 0 Å². The number of hydrogen-bond donors (Lipinski definition) is 1. The van der Waals surface area contributed by atoms with E-state index in [4.69, 9.17) is 9.47 Å². The maximum Gasteiger partial charge on any atom is 0.265 e. The van der Waals surface area contributed by atoms with Crippen molar-refractivity contribution in [1.29, 1.82) is 0 Å². The zero-order chi connectivity index (χ0) is 18.4. The normalized spacial score (nSPS) is 11.0. The van der Waals surface area contributed by atoms with Gasteiger partial charge in [0, 0.05) is 19.2 Å². The average Bonchev–Trinajstić information content (AvgIpc) is 2.63. The Labute approximate surface area is 148 Å². The van der Waals surface area contributed by atoms with E-state index in [1.54, 1.807) is 24.3 Å². The van der Waals surface area contributed by atoms with E-state index < -0.39 is 10.0 Å². The summed E-state index contributed by atoms with van der Waals surface area (Å²) in [5.74, 6) is 1.46. The SMILES string of the molecule is CCN(CC)c1ccc(NS(=O)(=O)c2cc(OC)ccc2OC)cn1. The van der Waals surface area contributed by atoms with Crippen molar-refractivity contribution in [3.63, 3.8) is 0 Å². The van der Waals surface area contributed by atoms with Gasteiger partial charge in [-0.15, -0.1) is 0 Å². The Bertz CT molecular complexity index is 803. The zero-order valence-electron chi connectivity index (χ0n) is 14.8. The third-order valence-electron chi connectivity index (χ3n) is 3.75. The molecule has 1 aromatic heterocycles. The number of sulfonamides is 1. The number of aromatic nitrogens is 1. The van der Waals surface area contributed by atoms with E-state index in [0.29, 0.717) is 11.4 Å². The Morgan fingerprint density at radius 3 is 2.32 bits per heavy atom. The van der Waals surface area contributed by atoms with Crippen molar-refractivity contribution in [2.45, 2.75) is 18.7 Å². The van der Waals surface area contributed by atoms with Crippen molar-refractivity contribution in [3.8, 4) is 11.5 Å². The molecule has 8 heteroatoms. The summed E-state index contributed by atoms with van der Waals surface area (Å²) >= 11 is 0. The van der Waals surface area contributed by atoms with Gasteiger partial charge in [0.2, 0.25) is 0 Å². The number of hydrogen-bond acceptors (Lipinski definition) is 6. The van der Waals surface area contributed by atoms with Crippen LogP contribution in [0.3, 0.4) is 0 Å². The van der Waals surface area contributed by atoms with E-state index in [-0.39, 0.29) is 10.6 Å². The third kappa shape index (κ3) is 4.33. The molecule has 0 saturated heterocycles. The minimum atomic E-state index is -3.84. The molecular formula is C17H23N3O4S. The van der Waals surface area contributed by atoms with Crippen molar-refractivity contribution >= 4 is 21.5 Å². The second kappa shape index (κ2) is 8.06. The number of nitrogens with zero attached hydrogens (tertiary/aromatic N) is 2. The molecule has 0 radical (unpaired) electrons. The molecule has 1 N–H and O–H groups in total. The Morgan fingerprint density at radius 1 is 1.08 bits per heavy atom. The molecule has 0 bridgehead atoms. The number of rotatable bonds is 8. The van der Waals surface area contributed by atoms with E-state index in [1.165, 1.54) is 26.5 Å². The molecule has 25 heavy (non-hydrogen) atoms. The van der Waals surface area contributed by atoms with E-state index in [2.05, 4.69) is 14.6 Å². The van der Waals surface area contributed by atoms with E-state index >= 15 is 0 Å². The molecule has 7 nitrogen and oxygen atoms in total. The molecular weight excluding hydrogens is 342 g/mol. The average molecular weight is 365 g/mol. The van der Waals surface area contributed by atoms with Gasteiger partial charge in [-0.3, -0.25) is 4.72 Å². The predicted molar refractivity (Wildman–Crippen MR) is 98.2 cm³/mol. The first-order valence-corrected chi connectivity index (χ1v) is 9.39. The van der Waals surface area contributed by atoms with Crippen LogP contribution >= 0.6 is 0 Å². The smallest absolute Gasteiger partial charge is 0.265 e. The van der Waals surface area contributed by atoms with Crippen LogP contribution in [0.15, 0.2) is 41.4 Å². The Hall–Kier alpha value is -2.48. The van der Waals surface area contributed by atoms with Crippen molar-refractivity contribution < 1.29 is 17.9 Å². The fourth-order valence-corrected chi connectivity index (χ4v) is 3.61. The molecule has 2 aromatic rings. The molecule has 0 unspecified atom stereocenters. The van der Waals surface area contributed by atoms with E-state index in [1.807, 2.05) is 13.8 Å². The summed E-state index contributed by atoms with van der Waals surface area (Å²) in [5, 5.41) is 0. The summed E-state index contributed by atoms with van der Waals surface area (Å²) in [7, 11) is -0.950. The number of benzene rings is 1. The Morgan fingerprint density at radius 2 is 1.80 bits per heavy atom. The van der Waals surface area contributed by atoms with Gasteiger partial charge in [0.1, 0.15) is 22.2 Å². The molecule has 0 aliphatic carbocycles. The number of ether oxygens (including phenoxy) is 2. The Balaban J connectivity index is 2.30. The molecule has 1 heterocycles. The van der Waals surface area contributed by atoms with Gasteiger partial charge in [-0.25, -0.2) is 13.4 Å². The van der Waals surface area contributed by atoms with Gasteiger partial charge >= 0.3 is 0 Å². The summed E-state index contributed by atoms with van der Waals surface area (Å²) in [5.41, 5.74) is 0.376. The molecule has 0 amide bonds. The fraction of sp³-hybridized carbons (Fsp3) is 0.353. The minimum Gasteiger partial charge on any atom is -0.497 e. The summed E-state index contributed by atoms with van der Waals surface area (Å²) in [6.45, 7) is 5.74. The van der Waals surface area contributed by atoms with Crippen LogP contribution in [-0.4, -0.2) is 40.7 Å². The van der Waals surface area contributed by atoms with Crippen LogP contribution in [0.4, 0.5) is 11.5 Å². The quantitative estimate of drug-likeness (QED) is 0.775. The van der Waals surface area contributed by atoms with E-state index in [0.717, 1.165) is 18.9 Å². The van der Waals surface area contributed by atoms with E-state index in [9.17, 15) is 8.42 Å². The maximum atomic E-state index is 12.7. The van der Waals surface area contributed by atoms with Gasteiger partial charge in [-0.2, -0.15) is 0 Å². The maximum absolute atomic E-state index is 12.7. The lowest BCUT2D eigenvalue weighted by molar-refractivity contribution is 0.392. The lowest BCUT2D eigenvalue weighted by Crippen LogP contribution is -2.23. The highest BCUT2D eigenvalue weighted by molar-refractivity contribution is 7.92. The lowest BCUT2D eigenvalue weighted by atomic mass is 10.3. The van der Waals surface area contributed by atoms with Crippen molar-refractivity contribution in [3.05, 3.63) is 36.5 Å². The van der Waals surface area contributed by atoms with Gasteiger partial charge in [0.25, 0.3) is 10.0 Å². The van der Waals surface area contributed by atoms with Crippen LogP contribution in [0.5, 0.6) is 11.5 Å². The molecule has 136 valence electrons. The molecule has 0 aliphatic rings. The zero-order valence-corrected chi connectivity index (χ0v) is 15.6. The van der Waals surface area contributed by atoms with Crippen LogP contribution in [0.1, 0.15) is 13.8 Å². The number of methoxy groups -OCH3 is 2. The molecule has 2 rings (SSSR count). The molecule has 0 fully saturated rings. The summed E-state index contributed by atoms with van der Waals surface area (Å²) in [4.78, 5) is 6.39. The fourth-order valence-electron chi connectivity index (χ4n) is 2.39. The van der Waals surface area contributed by atoms with Gasteiger partial charge < -0.3 is 14.4 Å². The number of nitrogens with one attached hydrogen (secondary N) is 1. The second-order valence-corrected chi connectivity index (χ2v) is 6.85. The molecule has 0 spiro atoms. The largest absolute Gasteiger partial charge is 0.497 e. The summed E-state index contributed by atoms with van der Waals surface area (Å²) in [6.07, 6.45) is 1.50. The molecule has 0 aliphatic heterocycles. The number of pyridine rings is 1. The van der Waals surface area contributed by atoms with Gasteiger partial charge in [0.05, 0.1) is 26.1 Å². The third-order valence-corrected chi connectivity index (χ3v) is 5.15. The highest BCUT2D eigenvalue weighted by Crippen LogP contribution is 2.29. The first-order chi connectivity index (χ1) is 11.9.